The number of phenolic OH excluding ortho intramolecular Hbond substituents is 1. The van der Waals surface area contributed by atoms with Crippen molar-refractivity contribution in [3.63, 3.8) is 0 Å². The summed E-state index contributed by atoms with van der Waals surface area (Å²) in [6.45, 7) is 4.19. The molecule has 1 aliphatic carbocycles. The van der Waals surface area contributed by atoms with Gasteiger partial charge >= 0.3 is 0 Å². The lowest BCUT2D eigenvalue weighted by Crippen LogP contribution is -2.45. The average Bonchev–Trinajstić information content (AvgIpc) is 3.36. The molecule has 2 aliphatic rings. The first kappa shape index (κ1) is 16.6. The summed E-state index contributed by atoms with van der Waals surface area (Å²) in [6, 6.07) is 2.36. The molecule has 0 spiro atoms. The van der Waals surface area contributed by atoms with Crippen LogP contribution in [0.25, 0.3) is 0 Å². The van der Waals surface area contributed by atoms with Crippen molar-refractivity contribution in [2.45, 2.75) is 25.3 Å². The molecule has 0 aromatic heterocycles. The van der Waals surface area contributed by atoms with E-state index in [-0.39, 0.29) is 5.75 Å². The van der Waals surface area contributed by atoms with Crippen LogP contribution in [-0.2, 0) is 0 Å². The Bertz CT molecular complexity index is 543. The molecule has 0 radical (unpaired) electrons. The van der Waals surface area contributed by atoms with Gasteiger partial charge in [0.15, 0.2) is 11.5 Å². The highest BCUT2D eigenvalue weighted by molar-refractivity contribution is 9.13. The summed E-state index contributed by atoms with van der Waals surface area (Å²) in [5.41, 5.74) is 1.20. The Kier molecular flexibility index (Phi) is 5.32. The summed E-state index contributed by atoms with van der Waals surface area (Å²) in [4.78, 5) is 2.55. The minimum absolute atomic E-state index is 0.156. The van der Waals surface area contributed by atoms with E-state index in [0.717, 1.165) is 36.6 Å². The zero-order valence-electron chi connectivity index (χ0n) is 12.7. The van der Waals surface area contributed by atoms with Crippen molar-refractivity contribution in [1.82, 2.24) is 10.2 Å². The van der Waals surface area contributed by atoms with E-state index >= 15 is 0 Å². The van der Waals surface area contributed by atoms with Gasteiger partial charge in [0.05, 0.1) is 11.6 Å². The highest BCUT2D eigenvalue weighted by atomic mass is 79.9. The molecule has 2 N–H and O–H groups in total. The van der Waals surface area contributed by atoms with Gasteiger partial charge in [-0.15, -0.1) is 0 Å². The van der Waals surface area contributed by atoms with E-state index in [1.165, 1.54) is 24.8 Å². The number of ether oxygens (including phenoxy) is 1. The number of halogens is 2. The van der Waals surface area contributed by atoms with Crippen LogP contribution in [0.4, 0.5) is 0 Å². The Labute approximate surface area is 148 Å². The molecule has 1 aromatic carbocycles. The number of nitrogens with one attached hydrogen (secondary N) is 1. The molecular formula is C16H22Br2N2O2. The van der Waals surface area contributed by atoms with Crippen LogP contribution in [0, 0.1) is 5.92 Å². The molecular weight excluding hydrogens is 412 g/mol. The highest BCUT2D eigenvalue weighted by Crippen LogP contribution is 2.48. The molecule has 122 valence electrons. The van der Waals surface area contributed by atoms with Crippen LogP contribution < -0.4 is 10.1 Å². The third-order valence-electron chi connectivity index (χ3n) is 4.60. The number of phenols is 1. The molecule has 1 saturated carbocycles. The van der Waals surface area contributed by atoms with Crippen LogP contribution in [0.5, 0.6) is 11.5 Å². The molecule has 1 saturated heterocycles. The van der Waals surface area contributed by atoms with Crippen molar-refractivity contribution >= 4 is 31.9 Å². The Morgan fingerprint density at radius 2 is 2.00 bits per heavy atom. The largest absolute Gasteiger partial charge is 0.503 e. The molecule has 3 rings (SSSR count). The smallest absolute Gasteiger partial charge is 0.173 e. The van der Waals surface area contributed by atoms with Crippen LogP contribution in [0.2, 0.25) is 0 Å². The molecule has 4 nitrogen and oxygen atoms in total. The minimum atomic E-state index is 0.156. The fraction of sp³-hybridized carbons (Fsp3) is 0.625. The van der Waals surface area contributed by atoms with Crippen molar-refractivity contribution in [3.05, 3.63) is 20.6 Å². The van der Waals surface area contributed by atoms with E-state index in [1.807, 2.05) is 6.07 Å². The molecule has 1 heterocycles. The lowest BCUT2D eigenvalue weighted by Gasteiger charge is -2.36. The number of methoxy groups -OCH3 is 1. The quantitative estimate of drug-likeness (QED) is 0.743. The number of hydrogen-bond acceptors (Lipinski definition) is 4. The fourth-order valence-corrected chi connectivity index (χ4v) is 4.14. The molecule has 0 unspecified atom stereocenters. The van der Waals surface area contributed by atoms with E-state index in [2.05, 4.69) is 42.1 Å². The van der Waals surface area contributed by atoms with Gasteiger partial charge < -0.3 is 15.2 Å². The zero-order chi connectivity index (χ0) is 15.7. The molecule has 2 fully saturated rings. The maximum Gasteiger partial charge on any atom is 0.173 e. The maximum absolute atomic E-state index is 10.2. The van der Waals surface area contributed by atoms with Gasteiger partial charge in [-0.05, 0) is 55.8 Å². The topological polar surface area (TPSA) is 44.7 Å². The molecule has 1 atom stereocenters. The Hall–Kier alpha value is -0.300. The lowest BCUT2D eigenvalue weighted by molar-refractivity contribution is 0.159. The average molecular weight is 434 g/mol. The number of nitrogens with zero attached hydrogens (tertiary/aromatic N) is 1. The van der Waals surface area contributed by atoms with E-state index in [0.29, 0.717) is 16.3 Å². The SMILES string of the molecule is COc1cc([C@@H](CC2CC2)N2CCNCC2)c(Br)c(Br)c1O. The lowest BCUT2D eigenvalue weighted by atomic mass is 9.98. The van der Waals surface area contributed by atoms with Crippen molar-refractivity contribution in [2.75, 3.05) is 33.3 Å². The normalized spacial score (nSPS) is 20.9. The number of aromatic hydroxyl groups is 1. The number of piperazine rings is 1. The predicted molar refractivity (Wildman–Crippen MR) is 94.6 cm³/mol. The monoisotopic (exact) mass is 432 g/mol. The molecule has 0 amide bonds. The summed E-state index contributed by atoms with van der Waals surface area (Å²) < 4.78 is 6.97. The van der Waals surface area contributed by atoms with Crippen molar-refractivity contribution in [1.29, 1.82) is 0 Å². The second-order valence-corrected chi connectivity index (χ2v) is 7.71. The molecule has 6 heteroatoms. The zero-order valence-corrected chi connectivity index (χ0v) is 15.9. The third-order valence-corrected chi connectivity index (χ3v) is 6.76. The van der Waals surface area contributed by atoms with E-state index in [4.69, 9.17) is 4.74 Å². The minimum Gasteiger partial charge on any atom is -0.503 e. The molecule has 1 aliphatic heterocycles. The summed E-state index contributed by atoms with van der Waals surface area (Å²) in [7, 11) is 1.60. The second kappa shape index (κ2) is 7.07. The van der Waals surface area contributed by atoms with E-state index in [9.17, 15) is 5.11 Å². The van der Waals surface area contributed by atoms with Gasteiger partial charge in [-0.1, -0.05) is 12.8 Å². The second-order valence-electron chi connectivity index (χ2n) is 6.13. The first-order valence-electron chi connectivity index (χ1n) is 7.81. The maximum atomic E-state index is 10.2. The summed E-state index contributed by atoms with van der Waals surface area (Å²) >= 11 is 7.16. The van der Waals surface area contributed by atoms with Crippen LogP contribution in [0.15, 0.2) is 15.0 Å². The van der Waals surface area contributed by atoms with Crippen LogP contribution >= 0.6 is 31.9 Å². The number of hydrogen-bond donors (Lipinski definition) is 2. The van der Waals surface area contributed by atoms with Gasteiger partial charge in [0.1, 0.15) is 0 Å². The summed E-state index contributed by atoms with van der Waals surface area (Å²) in [5.74, 6) is 1.52. The number of benzene rings is 1. The summed E-state index contributed by atoms with van der Waals surface area (Å²) in [5, 5.41) is 13.6. The standard InChI is InChI=1S/C16H22Br2N2O2/c1-22-13-9-11(14(17)15(18)16(13)21)12(8-10-2-3-10)20-6-4-19-5-7-20/h9-10,12,19,21H,2-8H2,1H3/t12-/m1/s1. The van der Waals surface area contributed by atoms with Crippen molar-refractivity contribution in [3.8, 4) is 11.5 Å². The van der Waals surface area contributed by atoms with E-state index in [1.54, 1.807) is 7.11 Å². The Morgan fingerprint density at radius 1 is 1.32 bits per heavy atom. The van der Waals surface area contributed by atoms with Crippen LogP contribution in [0.1, 0.15) is 30.9 Å². The van der Waals surface area contributed by atoms with Gasteiger partial charge in [-0.3, -0.25) is 4.90 Å². The van der Waals surface area contributed by atoms with Gasteiger partial charge in [0.2, 0.25) is 0 Å². The van der Waals surface area contributed by atoms with Crippen molar-refractivity contribution < 1.29 is 9.84 Å². The Balaban J connectivity index is 1.96. The molecule has 22 heavy (non-hydrogen) atoms. The van der Waals surface area contributed by atoms with Crippen LogP contribution in [0.3, 0.4) is 0 Å². The first-order chi connectivity index (χ1) is 10.6. The highest BCUT2D eigenvalue weighted by Gasteiger charge is 2.32. The van der Waals surface area contributed by atoms with Gasteiger partial charge in [0, 0.05) is 36.7 Å². The van der Waals surface area contributed by atoms with Gasteiger partial charge in [-0.25, -0.2) is 0 Å². The third kappa shape index (κ3) is 3.45. The van der Waals surface area contributed by atoms with Gasteiger partial charge in [0.25, 0.3) is 0 Å². The summed E-state index contributed by atoms with van der Waals surface area (Å²) in [6.07, 6.45) is 3.87. The molecule has 1 aromatic rings. The van der Waals surface area contributed by atoms with Gasteiger partial charge in [-0.2, -0.15) is 0 Å². The number of rotatable bonds is 5. The Morgan fingerprint density at radius 3 is 2.59 bits per heavy atom. The van der Waals surface area contributed by atoms with Crippen LogP contribution in [-0.4, -0.2) is 43.3 Å². The van der Waals surface area contributed by atoms with E-state index < -0.39 is 0 Å². The molecule has 0 bridgehead atoms. The predicted octanol–water partition coefficient (Wildman–Crippen LogP) is 3.67. The first-order valence-corrected chi connectivity index (χ1v) is 9.40. The fourth-order valence-electron chi connectivity index (χ4n) is 3.15. The van der Waals surface area contributed by atoms with Crippen molar-refractivity contribution in [2.24, 2.45) is 5.92 Å².